The van der Waals surface area contributed by atoms with Crippen LogP contribution < -0.4 is 10.6 Å². The van der Waals surface area contributed by atoms with E-state index in [1.54, 1.807) is 9.80 Å². The molecule has 16 nitrogen and oxygen atoms in total. The van der Waals surface area contributed by atoms with Gasteiger partial charge in [0.2, 0.25) is 5.91 Å². The Hall–Kier alpha value is -7.49. The summed E-state index contributed by atoms with van der Waals surface area (Å²) < 4.78 is 15.4. The van der Waals surface area contributed by atoms with Gasteiger partial charge < -0.3 is 44.5 Å². The summed E-state index contributed by atoms with van der Waals surface area (Å²) in [5, 5.41) is 7.80. The SMILES string of the molecule is COC(=O)N[C@H](C(=O)N1CCC[C@H]1C1=NC2=C(C1)c1ccc(-c3ccc4cc(-c5cnc([C@@H]6CCCN6C(=O)[C@H](NC(=O)OC)c6ccccc6)[nH]5)ccc4c3)cc1CC2)C1CCN(C(=O)OC(C)(C)C)CC1. The van der Waals surface area contributed by atoms with Crippen LogP contribution >= 0.6 is 0 Å². The molecule has 4 aliphatic heterocycles. The van der Waals surface area contributed by atoms with Gasteiger partial charge in [-0.2, -0.15) is 0 Å². The third-order valence-electron chi connectivity index (χ3n) is 15.1. The zero-order valence-electron chi connectivity index (χ0n) is 42.2. The Bertz CT molecular complexity index is 3010. The highest BCUT2D eigenvalue weighted by molar-refractivity contribution is 6.05. The number of carbonyl (C=O) groups is 5. The molecule has 5 aliphatic rings. The summed E-state index contributed by atoms with van der Waals surface area (Å²) in [7, 11) is 2.59. The van der Waals surface area contributed by atoms with E-state index >= 15 is 0 Å². The number of aliphatic imine (C=N–C) groups is 1. The Balaban J connectivity index is 0.798. The number of imidazole rings is 1. The molecular weight excluding hydrogens is 925 g/mol. The highest BCUT2D eigenvalue weighted by Crippen LogP contribution is 2.43. The predicted octanol–water partition coefficient (Wildman–Crippen LogP) is 9.52. The van der Waals surface area contributed by atoms with Crippen molar-refractivity contribution in [2.24, 2.45) is 10.9 Å². The number of nitrogens with zero attached hydrogens (tertiary/aromatic N) is 5. The average Bonchev–Trinajstić information content (AvgIpc) is 4.26. The number of piperidine rings is 1. The van der Waals surface area contributed by atoms with Crippen molar-refractivity contribution >= 4 is 52.2 Å². The largest absolute Gasteiger partial charge is 0.453 e. The van der Waals surface area contributed by atoms with E-state index < -0.39 is 29.9 Å². The number of hydrogen-bond acceptors (Lipinski definition) is 10. The molecule has 73 heavy (non-hydrogen) atoms. The summed E-state index contributed by atoms with van der Waals surface area (Å²) in [6.07, 6.45) is 6.81. The number of H-pyrrole nitrogens is 1. The number of aromatic nitrogens is 2. The Morgan fingerprint density at radius 3 is 2.07 bits per heavy atom. The van der Waals surface area contributed by atoms with Crippen molar-refractivity contribution in [2.75, 3.05) is 40.4 Å². The molecule has 3 fully saturated rings. The number of likely N-dealkylation sites (tertiary alicyclic amines) is 3. The summed E-state index contributed by atoms with van der Waals surface area (Å²) in [6, 6.07) is 26.8. The van der Waals surface area contributed by atoms with Gasteiger partial charge in [-0.1, -0.05) is 72.8 Å². The number of fused-ring (bicyclic) bond motifs is 3. The number of methoxy groups -OCH3 is 2. The molecule has 5 aromatic rings. The zero-order chi connectivity index (χ0) is 51.0. The predicted molar refractivity (Wildman–Crippen MR) is 277 cm³/mol. The van der Waals surface area contributed by atoms with Crippen molar-refractivity contribution in [1.82, 2.24) is 35.3 Å². The highest BCUT2D eigenvalue weighted by Gasteiger charge is 2.43. The summed E-state index contributed by atoms with van der Waals surface area (Å²) in [5.74, 6) is 0.194. The van der Waals surface area contributed by atoms with E-state index in [2.05, 4.69) is 70.2 Å². The second kappa shape index (κ2) is 20.6. The fourth-order valence-electron chi connectivity index (χ4n) is 11.4. The third-order valence-corrected chi connectivity index (χ3v) is 15.1. The Morgan fingerprint density at radius 1 is 0.712 bits per heavy atom. The maximum Gasteiger partial charge on any atom is 0.410 e. The van der Waals surface area contributed by atoms with Crippen molar-refractivity contribution in [3.8, 4) is 22.4 Å². The van der Waals surface area contributed by atoms with E-state index in [1.165, 1.54) is 30.9 Å². The van der Waals surface area contributed by atoms with Gasteiger partial charge in [0.1, 0.15) is 23.5 Å². The number of alkyl carbamates (subject to hydrolysis) is 2. The van der Waals surface area contributed by atoms with Crippen molar-refractivity contribution in [3.05, 3.63) is 119 Å². The smallest absolute Gasteiger partial charge is 0.410 e. The molecule has 0 unspecified atom stereocenters. The fourth-order valence-corrected chi connectivity index (χ4v) is 11.4. The molecule has 10 rings (SSSR count). The molecule has 3 N–H and O–H groups in total. The van der Waals surface area contributed by atoms with E-state index in [1.807, 2.05) is 62.2 Å². The van der Waals surface area contributed by atoms with Crippen LogP contribution in [0.3, 0.4) is 0 Å². The van der Waals surface area contributed by atoms with Gasteiger partial charge in [-0.25, -0.2) is 19.4 Å². The fraction of sp³-hybridized carbons (Fsp3) is 0.421. The number of carbonyl (C=O) groups excluding carboxylic acids is 5. The van der Waals surface area contributed by atoms with Crippen molar-refractivity contribution in [3.63, 3.8) is 0 Å². The molecule has 0 spiro atoms. The van der Waals surface area contributed by atoms with E-state index in [4.69, 9.17) is 24.2 Å². The first kappa shape index (κ1) is 49.1. The minimum absolute atomic E-state index is 0.130. The third kappa shape index (κ3) is 10.3. The number of rotatable bonds is 10. The first-order valence-electron chi connectivity index (χ1n) is 25.6. The van der Waals surface area contributed by atoms with Crippen molar-refractivity contribution in [2.45, 2.75) is 108 Å². The average molecular weight is 989 g/mol. The van der Waals surface area contributed by atoms with Gasteiger partial charge in [-0.05, 0) is 134 Å². The van der Waals surface area contributed by atoms with E-state index in [0.717, 1.165) is 83.1 Å². The minimum Gasteiger partial charge on any atom is -0.453 e. The molecule has 1 aromatic heterocycles. The molecule has 16 heteroatoms. The lowest BCUT2D eigenvalue weighted by Crippen LogP contribution is -2.56. The van der Waals surface area contributed by atoms with Crippen molar-refractivity contribution in [1.29, 1.82) is 0 Å². The number of amides is 5. The van der Waals surface area contributed by atoms with E-state index in [9.17, 15) is 24.0 Å². The molecular formula is C57H64N8O8. The lowest BCUT2D eigenvalue weighted by molar-refractivity contribution is -0.135. The molecule has 5 heterocycles. The molecule has 0 bridgehead atoms. The molecule has 1 aliphatic carbocycles. The molecule has 380 valence electrons. The first-order valence-corrected chi connectivity index (χ1v) is 25.6. The number of allylic oxidation sites excluding steroid dienone is 2. The lowest BCUT2D eigenvalue weighted by atomic mass is 9.85. The maximum absolute atomic E-state index is 14.5. The number of hydrogen-bond donors (Lipinski definition) is 3. The summed E-state index contributed by atoms with van der Waals surface area (Å²) >= 11 is 0. The second-order valence-corrected chi connectivity index (χ2v) is 20.8. The monoisotopic (exact) mass is 988 g/mol. The van der Waals surface area contributed by atoms with Crippen LogP contribution in [0.5, 0.6) is 0 Å². The number of aromatic amines is 1. The molecule has 3 saturated heterocycles. The lowest BCUT2D eigenvalue weighted by Gasteiger charge is -2.38. The quantitative estimate of drug-likeness (QED) is 0.115. The van der Waals surface area contributed by atoms with Crippen LogP contribution in [0.25, 0.3) is 38.7 Å². The van der Waals surface area contributed by atoms with Crippen LogP contribution in [0, 0.1) is 5.92 Å². The molecule has 4 atom stereocenters. The number of benzene rings is 4. The molecule has 0 radical (unpaired) electrons. The number of nitrogens with one attached hydrogen (secondary N) is 3. The van der Waals surface area contributed by atoms with E-state index in [-0.39, 0.29) is 35.9 Å². The number of aryl methyl sites for hydroxylation is 1. The second-order valence-electron chi connectivity index (χ2n) is 20.8. The Morgan fingerprint density at radius 2 is 1.36 bits per heavy atom. The van der Waals surface area contributed by atoms with Crippen LogP contribution in [0.1, 0.15) is 107 Å². The Labute approximate surface area is 425 Å². The minimum atomic E-state index is -0.888. The number of ether oxygens (including phenoxy) is 3. The van der Waals surface area contributed by atoms with Gasteiger partial charge in [-0.15, -0.1) is 0 Å². The van der Waals surface area contributed by atoms with Gasteiger partial charge in [0.25, 0.3) is 5.91 Å². The van der Waals surface area contributed by atoms with Crippen LogP contribution in [-0.2, 0) is 30.2 Å². The molecule has 0 saturated carbocycles. The molecule has 5 amide bonds. The van der Waals surface area contributed by atoms with Gasteiger partial charge in [-0.3, -0.25) is 14.6 Å². The van der Waals surface area contributed by atoms with E-state index in [0.29, 0.717) is 56.8 Å². The molecule has 4 aromatic carbocycles. The summed E-state index contributed by atoms with van der Waals surface area (Å²) in [4.78, 5) is 85.3. The standard InChI is InChI=1S/C57H64N8O8/c1-57(2,3)73-56(70)63-27-23-35(24-28-63)50(62-55(69)72-5)52(66)64-25-9-13-47(64)45-32-43-42-21-19-39(30-40(42)20-22-44(43)59-45)36-15-16-38-31-41(18-17-37(38)29-36)46-33-58-51(60-46)48-14-10-26-65(48)53(67)49(61-54(68)71-4)34-11-7-6-8-12-34/h6-8,11-12,15-19,21,29-31,33,35,47-50H,9-10,13-14,20,22-28,32H2,1-5H3,(H,58,60)(H,61,68)(H,62,69)/t47-,48-,49+,50-/m0/s1. The topological polar surface area (TPSA) is 188 Å². The normalized spacial score (nSPS) is 19.7. The van der Waals surface area contributed by atoms with Crippen LogP contribution in [0.15, 0.2) is 102 Å². The van der Waals surface area contributed by atoms with Crippen LogP contribution in [0.2, 0.25) is 0 Å². The van der Waals surface area contributed by atoms with Crippen LogP contribution in [-0.4, -0.2) is 119 Å². The summed E-state index contributed by atoms with van der Waals surface area (Å²) in [5.41, 5.74) is 10.0. The van der Waals surface area contributed by atoms with Gasteiger partial charge in [0.05, 0.1) is 38.2 Å². The Kier molecular flexibility index (Phi) is 13.8. The zero-order valence-corrected chi connectivity index (χ0v) is 42.2. The van der Waals surface area contributed by atoms with Crippen molar-refractivity contribution < 1.29 is 38.2 Å². The highest BCUT2D eigenvalue weighted by atomic mass is 16.6. The summed E-state index contributed by atoms with van der Waals surface area (Å²) in [6.45, 7) is 7.52. The van der Waals surface area contributed by atoms with Gasteiger partial charge in [0.15, 0.2) is 0 Å². The maximum atomic E-state index is 14.5. The first-order chi connectivity index (χ1) is 35.2. The van der Waals surface area contributed by atoms with Crippen LogP contribution in [0.4, 0.5) is 14.4 Å². The van der Waals surface area contributed by atoms with Gasteiger partial charge >= 0.3 is 18.3 Å². The van der Waals surface area contributed by atoms with Gasteiger partial charge in [0, 0.05) is 49.6 Å².